The molecule has 0 atom stereocenters. The topological polar surface area (TPSA) is 31.2 Å². The number of rotatable bonds is 2. The number of carbonyl (C=O) groups excluding carboxylic acids is 1. The van der Waals surface area contributed by atoms with Gasteiger partial charge in [-0.25, -0.2) is 4.79 Å². The van der Waals surface area contributed by atoms with E-state index in [1.54, 1.807) is 0 Å². The molecule has 1 aromatic heterocycles. The van der Waals surface area contributed by atoms with Gasteiger partial charge in [0.15, 0.2) is 0 Å². The summed E-state index contributed by atoms with van der Waals surface area (Å²) in [5.74, 6) is -0.0821. The minimum atomic E-state index is -0.0821. The first-order valence-electron chi connectivity index (χ1n) is 8.23. The predicted octanol–water partition coefficient (Wildman–Crippen LogP) is 3.66. The van der Waals surface area contributed by atoms with Gasteiger partial charge in [-0.15, -0.1) is 0 Å². The molecule has 0 bridgehead atoms. The highest BCUT2D eigenvalue weighted by Gasteiger charge is 2.28. The number of hydrogen-bond donors (Lipinski definition) is 0. The Morgan fingerprint density at radius 1 is 1.00 bits per heavy atom. The van der Waals surface area contributed by atoms with Crippen molar-refractivity contribution in [3.63, 3.8) is 0 Å². The molecule has 3 nitrogen and oxygen atoms in total. The molecule has 0 amide bonds. The van der Waals surface area contributed by atoms with Crippen molar-refractivity contribution in [1.29, 1.82) is 0 Å². The molecule has 2 heterocycles. The van der Waals surface area contributed by atoms with Gasteiger partial charge in [0.1, 0.15) is 0 Å². The summed E-state index contributed by atoms with van der Waals surface area (Å²) < 4.78 is 7.82. The van der Waals surface area contributed by atoms with Crippen molar-refractivity contribution in [3.05, 3.63) is 22.5 Å². The average molecular weight is 275 g/mol. The Morgan fingerprint density at radius 3 is 2.50 bits per heavy atom. The van der Waals surface area contributed by atoms with Crippen molar-refractivity contribution in [2.75, 3.05) is 6.61 Å². The zero-order valence-electron chi connectivity index (χ0n) is 12.5. The van der Waals surface area contributed by atoms with Crippen LogP contribution in [0.1, 0.15) is 72.8 Å². The molecule has 0 unspecified atom stereocenters. The lowest BCUT2D eigenvalue weighted by Gasteiger charge is -2.10. The second kappa shape index (κ2) is 6.02. The molecular formula is C17H25NO2. The van der Waals surface area contributed by atoms with Crippen LogP contribution in [0.15, 0.2) is 0 Å². The molecule has 0 aromatic carbocycles. The quantitative estimate of drug-likeness (QED) is 0.609. The number of nitrogens with zero attached hydrogens (tertiary/aromatic N) is 1. The van der Waals surface area contributed by atoms with E-state index in [-0.39, 0.29) is 5.97 Å². The predicted molar refractivity (Wildman–Crippen MR) is 79.2 cm³/mol. The summed E-state index contributed by atoms with van der Waals surface area (Å²) in [7, 11) is 0. The Bertz CT molecular complexity index is 466. The third kappa shape index (κ3) is 2.38. The molecule has 1 aliphatic heterocycles. The fraction of sp³-hybridized carbons (Fsp3) is 0.706. The van der Waals surface area contributed by atoms with Crippen LogP contribution in [0.2, 0.25) is 0 Å². The van der Waals surface area contributed by atoms with Crippen LogP contribution in [0.5, 0.6) is 0 Å². The van der Waals surface area contributed by atoms with E-state index >= 15 is 0 Å². The van der Waals surface area contributed by atoms with E-state index in [0.29, 0.717) is 6.61 Å². The maximum Gasteiger partial charge on any atom is 0.340 e. The highest BCUT2D eigenvalue weighted by atomic mass is 16.5. The molecule has 0 spiro atoms. The molecule has 0 fully saturated rings. The Morgan fingerprint density at radius 2 is 1.70 bits per heavy atom. The number of esters is 1. The van der Waals surface area contributed by atoms with Crippen molar-refractivity contribution in [2.45, 2.75) is 71.3 Å². The van der Waals surface area contributed by atoms with Crippen LogP contribution >= 0.6 is 0 Å². The van der Waals surface area contributed by atoms with Crippen LogP contribution < -0.4 is 0 Å². The Labute approximate surface area is 121 Å². The van der Waals surface area contributed by atoms with Crippen LogP contribution in [0.3, 0.4) is 0 Å². The molecule has 2 aliphatic rings. The molecule has 0 saturated carbocycles. The SMILES string of the molecule is CCOC(=O)c1c2c(n3c1CCCCC3)CCCCC2. The molecule has 3 rings (SSSR count). The van der Waals surface area contributed by atoms with Crippen molar-refractivity contribution < 1.29 is 9.53 Å². The van der Waals surface area contributed by atoms with Crippen LogP contribution in [0.25, 0.3) is 0 Å². The van der Waals surface area contributed by atoms with E-state index in [9.17, 15) is 4.79 Å². The smallest absolute Gasteiger partial charge is 0.340 e. The summed E-state index contributed by atoms with van der Waals surface area (Å²) >= 11 is 0. The first-order chi connectivity index (χ1) is 9.83. The zero-order valence-corrected chi connectivity index (χ0v) is 12.5. The van der Waals surface area contributed by atoms with Gasteiger partial charge in [-0.1, -0.05) is 12.8 Å². The van der Waals surface area contributed by atoms with Gasteiger partial charge in [0.25, 0.3) is 0 Å². The first kappa shape index (κ1) is 13.7. The molecule has 110 valence electrons. The minimum Gasteiger partial charge on any atom is -0.462 e. The van der Waals surface area contributed by atoms with Gasteiger partial charge >= 0.3 is 5.97 Å². The maximum atomic E-state index is 12.4. The van der Waals surface area contributed by atoms with Crippen molar-refractivity contribution in [3.8, 4) is 0 Å². The molecule has 3 heteroatoms. The van der Waals surface area contributed by atoms with Gasteiger partial charge in [0.2, 0.25) is 0 Å². The molecule has 0 radical (unpaired) electrons. The minimum absolute atomic E-state index is 0.0821. The maximum absolute atomic E-state index is 12.4. The standard InChI is InChI=1S/C17H25NO2/c1-2-20-17(19)16-13-9-5-3-6-10-14(13)18-12-8-4-7-11-15(16)18/h2-12H2,1H3. The Hall–Kier alpha value is -1.25. The number of aromatic nitrogens is 1. The Kier molecular flexibility index (Phi) is 4.13. The van der Waals surface area contributed by atoms with E-state index in [0.717, 1.165) is 31.4 Å². The lowest BCUT2D eigenvalue weighted by atomic mass is 10.0. The molecule has 20 heavy (non-hydrogen) atoms. The monoisotopic (exact) mass is 275 g/mol. The van der Waals surface area contributed by atoms with Gasteiger partial charge in [0.05, 0.1) is 12.2 Å². The van der Waals surface area contributed by atoms with E-state index < -0.39 is 0 Å². The highest BCUT2D eigenvalue weighted by molar-refractivity contribution is 5.93. The van der Waals surface area contributed by atoms with Gasteiger partial charge in [-0.05, 0) is 57.4 Å². The average Bonchev–Trinajstić information content (AvgIpc) is 2.68. The summed E-state index contributed by atoms with van der Waals surface area (Å²) in [5.41, 5.74) is 4.97. The fourth-order valence-electron chi connectivity index (χ4n) is 3.82. The van der Waals surface area contributed by atoms with E-state index in [2.05, 4.69) is 4.57 Å². The van der Waals surface area contributed by atoms with Gasteiger partial charge in [0, 0.05) is 17.9 Å². The van der Waals surface area contributed by atoms with Crippen molar-refractivity contribution >= 4 is 5.97 Å². The third-order valence-corrected chi connectivity index (χ3v) is 4.71. The number of hydrogen-bond acceptors (Lipinski definition) is 2. The lowest BCUT2D eigenvalue weighted by molar-refractivity contribution is 0.0523. The normalized spacial score (nSPS) is 18.6. The summed E-state index contributed by atoms with van der Waals surface area (Å²) in [6, 6.07) is 0. The molecule has 1 aromatic rings. The largest absolute Gasteiger partial charge is 0.462 e. The second-order valence-corrected chi connectivity index (χ2v) is 5.99. The number of carbonyl (C=O) groups is 1. The molecule has 1 aliphatic carbocycles. The summed E-state index contributed by atoms with van der Waals surface area (Å²) in [6.07, 6.45) is 10.7. The van der Waals surface area contributed by atoms with E-state index in [1.165, 1.54) is 55.5 Å². The van der Waals surface area contributed by atoms with Gasteiger partial charge < -0.3 is 9.30 Å². The van der Waals surface area contributed by atoms with Gasteiger partial charge in [-0.3, -0.25) is 0 Å². The number of ether oxygens (including phenoxy) is 1. The third-order valence-electron chi connectivity index (χ3n) is 4.71. The fourth-order valence-corrected chi connectivity index (χ4v) is 3.82. The van der Waals surface area contributed by atoms with Crippen LogP contribution in [0.4, 0.5) is 0 Å². The highest BCUT2D eigenvalue weighted by Crippen LogP contribution is 2.33. The second-order valence-electron chi connectivity index (χ2n) is 5.99. The van der Waals surface area contributed by atoms with Crippen LogP contribution in [-0.4, -0.2) is 17.1 Å². The van der Waals surface area contributed by atoms with E-state index in [1.807, 2.05) is 6.92 Å². The van der Waals surface area contributed by atoms with E-state index in [4.69, 9.17) is 4.74 Å². The summed E-state index contributed by atoms with van der Waals surface area (Å²) in [6.45, 7) is 3.46. The molecular weight excluding hydrogens is 250 g/mol. The summed E-state index contributed by atoms with van der Waals surface area (Å²) in [5, 5.41) is 0. The zero-order chi connectivity index (χ0) is 13.9. The van der Waals surface area contributed by atoms with Crippen LogP contribution in [-0.2, 0) is 30.5 Å². The van der Waals surface area contributed by atoms with Gasteiger partial charge in [-0.2, -0.15) is 0 Å². The number of fused-ring (bicyclic) bond motifs is 3. The van der Waals surface area contributed by atoms with Crippen LogP contribution in [0, 0.1) is 0 Å². The summed E-state index contributed by atoms with van der Waals surface area (Å²) in [4.78, 5) is 12.4. The Balaban J connectivity index is 2.10. The molecule has 0 saturated heterocycles. The lowest BCUT2D eigenvalue weighted by Crippen LogP contribution is -2.10. The van der Waals surface area contributed by atoms with Crippen molar-refractivity contribution in [1.82, 2.24) is 4.57 Å². The first-order valence-corrected chi connectivity index (χ1v) is 8.23. The van der Waals surface area contributed by atoms with Crippen molar-refractivity contribution in [2.24, 2.45) is 0 Å². The molecule has 0 N–H and O–H groups in total.